The number of amides is 1. The van der Waals surface area contributed by atoms with Gasteiger partial charge in [-0.3, -0.25) is 4.79 Å². The van der Waals surface area contributed by atoms with Crippen molar-refractivity contribution < 1.29 is 13.2 Å². The van der Waals surface area contributed by atoms with Gasteiger partial charge in [0.2, 0.25) is 5.91 Å². The first-order chi connectivity index (χ1) is 17.9. The Morgan fingerprint density at radius 1 is 1.03 bits per heavy atom. The minimum absolute atomic E-state index is 0.0334. The van der Waals surface area contributed by atoms with Gasteiger partial charge in [0.25, 0.3) is 0 Å². The summed E-state index contributed by atoms with van der Waals surface area (Å²) in [6.45, 7) is 0.277. The predicted molar refractivity (Wildman–Crippen MR) is 147 cm³/mol. The molecule has 1 aliphatic heterocycles. The number of aromatic nitrogens is 2. The second-order valence-corrected chi connectivity index (χ2v) is 11.7. The maximum absolute atomic E-state index is 13.5. The van der Waals surface area contributed by atoms with E-state index in [1.807, 2.05) is 79.0 Å². The Morgan fingerprint density at radius 2 is 1.76 bits per heavy atom. The molecule has 3 aromatic carbocycles. The lowest BCUT2D eigenvalue weighted by Crippen LogP contribution is -2.39. The predicted octanol–water partition coefficient (Wildman–Crippen LogP) is 5.42. The largest absolute Gasteiger partial charge is 0.331 e. The zero-order chi connectivity index (χ0) is 25.8. The zero-order valence-electron chi connectivity index (χ0n) is 20.1. The van der Waals surface area contributed by atoms with Crippen LogP contribution < -0.4 is 0 Å². The maximum Gasteiger partial charge on any atom is 0.247 e. The molecule has 1 aliphatic rings. The van der Waals surface area contributed by atoms with Crippen LogP contribution in [0.25, 0.3) is 23.0 Å². The van der Waals surface area contributed by atoms with Crippen molar-refractivity contribution >= 4 is 33.4 Å². The Balaban J connectivity index is 1.47. The fourth-order valence-corrected chi connectivity index (χ4v) is 6.48. The van der Waals surface area contributed by atoms with Crippen LogP contribution in [0.15, 0.2) is 97.2 Å². The standard InChI is InChI=1S/C29H26ClN3O3S/c30-25-11-7-8-22(18-25)19-32(27-16-17-37(35,36)21-27)28(34)15-14-24-20-33(26-12-5-2-6-13-26)31-29(24)23-9-3-1-4-10-23/h1-15,18,20,27H,16-17,19,21H2/b15-14+. The van der Waals surface area contributed by atoms with Crippen molar-refractivity contribution in [2.45, 2.75) is 19.0 Å². The summed E-state index contributed by atoms with van der Waals surface area (Å²) in [5, 5.41) is 5.36. The van der Waals surface area contributed by atoms with Crippen LogP contribution in [-0.4, -0.2) is 46.6 Å². The van der Waals surface area contributed by atoms with Gasteiger partial charge < -0.3 is 4.90 Å². The molecule has 1 fully saturated rings. The number of carbonyl (C=O) groups is 1. The molecule has 0 spiro atoms. The topological polar surface area (TPSA) is 72.3 Å². The molecule has 1 atom stereocenters. The summed E-state index contributed by atoms with van der Waals surface area (Å²) in [6, 6.07) is 26.5. The second-order valence-electron chi connectivity index (χ2n) is 9.07. The first-order valence-corrected chi connectivity index (χ1v) is 14.2. The molecule has 6 nitrogen and oxygen atoms in total. The highest BCUT2D eigenvalue weighted by Crippen LogP contribution is 2.26. The summed E-state index contributed by atoms with van der Waals surface area (Å²) < 4.78 is 26.2. The highest BCUT2D eigenvalue weighted by atomic mass is 35.5. The summed E-state index contributed by atoms with van der Waals surface area (Å²) in [6.07, 6.45) is 5.58. The van der Waals surface area contributed by atoms with Crippen molar-refractivity contribution in [3.8, 4) is 16.9 Å². The van der Waals surface area contributed by atoms with E-state index in [1.165, 1.54) is 6.08 Å². The zero-order valence-corrected chi connectivity index (χ0v) is 21.6. The molecule has 188 valence electrons. The average Bonchev–Trinajstić information content (AvgIpc) is 3.50. The van der Waals surface area contributed by atoms with E-state index >= 15 is 0 Å². The molecule has 0 saturated carbocycles. The Hall–Kier alpha value is -3.68. The molecule has 0 bridgehead atoms. The second kappa shape index (κ2) is 10.7. The lowest BCUT2D eigenvalue weighted by molar-refractivity contribution is -0.128. The normalized spacial score (nSPS) is 16.7. The summed E-state index contributed by atoms with van der Waals surface area (Å²) in [5.41, 5.74) is 4.22. The smallest absolute Gasteiger partial charge is 0.247 e. The number of halogens is 1. The molecule has 0 N–H and O–H groups in total. The number of sulfone groups is 1. The molecule has 5 rings (SSSR count). The third-order valence-corrected chi connectivity index (χ3v) is 8.38. The summed E-state index contributed by atoms with van der Waals surface area (Å²) >= 11 is 6.16. The molecular weight excluding hydrogens is 506 g/mol. The van der Waals surface area contributed by atoms with E-state index in [1.54, 1.807) is 27.8 Å². The first kappa shape index (κ1) is 25.0. The van der Waals surface area contributed by atoms with E-state index < -0.39 is 9.84 Å². The maximum atomic E-state index is 13.5. The molecule has 0 aliphatic carbocycles. The third-order valence-electron chi connectivity index (χ3n) is 6.39. The van der Waals surface area contributed by atoms with Crippen molar-refractivity contribution in [1.82, 2.24) is 14.7 Å². The Bertz CT molecular complexity index is 1530. The van der Waals surface area contributed by atoms with Crippen LogP contribution >= 0.6 is 11.6 Å². The number of para-hydroxylation sites is 1. The van der Waals surface area contributed by atoms with Crippen molar-refractivity contribution in [1.29, 1.82) is 0 Å². The van der Waals surface area contributed by atoms with Crippen molar-refractivity contribution in [2.24, 2.45) is 0 Å². The highest BCUT2D eigenvalue weighted by molar-refractivity contribution is 7.91. The molecule has 1 amide bonds. The van der Waals surface area contributed by atoms with E-state index in [-0.39, 0.29) is 30.0 Å². The van der Waals surface area contributed by atoms with Gasteiger partial charge in [-0.15, -0.1) is 0 Å². The quantitative estimate of drug-likeness (QED) is 0.298. The molecule has 37 heavy (non-hydrogen) atoms. The van der Waals surface area contributed by atoms with Gasteiger partial charge >= 0.3 is 0 Å². The summed E-state index contributed by atoms with van der Waals surface area (Å²) in [7, 11) is -3.17. The minimum Gasteiger partial charge on any atom is -0.331 e. The van der Waals surface area contributed by atoms with E-state index in [0.29, 0.717) is 11.4 Å². The fourth-order valence-electron chi connectivity index (χ4n) is 4.54. The first-order valence-electron chi connectivity index (χ1n) is 12.0. The van der Waals surface area contributed by atoms with Gasteiger partial charge in [0.1, 0.15) is 0 Å². The Morgan fingerprint density at radius 3 is 2.43 bits per heavy atom. The van der Waals surface area contributed by atoms with E-state index in [0.717, 1.165) is 28.1 Å². The van der Waals surface area contributed by atoms with Gasteiger partial charge in [0.05, 0.1) is 22.9 Å². The van der Waals surface area contributed by atoms with Gasteiger partial charge in [0, 0.05) is 41.0 Å². The van der Waals surface area contributed by atoms with Gasteiger partial charge in [-0.05, 0) is 42.3 Å². The van der Waals surface area contributed by atoms with Crippen molar-refractivity contribution in [3.63, 3.8) is 0 Å². The van der Waals surface area contributed by atoms with E-state index in [2.05, 4.69) is 0 Å². The van der Waals surface area contributed by atoms with Crippen LogP contribution in [0.3, 0.4) is 0 Å². The Labute approximate surface area is 221 Å². The lowest BCUT2D eigenvalue weighted by atomic mass is 10.1. The van der Waals surface area contributed by atoms with Crippen LogP contribution in [-0.2, 0) is 21.2 Å². The number of nitrogens with zero attached hydrogens (tertiary/aromatic N) is 3. The van der Waals surface area contributed by atoms with Crippen molar-refractivity contribution in [2.75, 3.05) is 11.5 Å². The molecule has 4 aromatic rings. The summed E-state index contributed by atoms with van der Waals surface area (Å²) in [5.74, 6) is -0.203. The lowest BCUT2D eigenvalue weighted by Gasteiger charge is -2.27. The molecule has 8 heteroatoms. The SMILES string of the molecule is O=C(/C=C/c1cn(-c2ccccc2)nc1-c1ccccc1)N(Cc1cccc(Cl)c1)C1CCS(=O)(=O)C1. The molecule has 2 heterocycles. The van der Waals surface area contributed by atoms with Crippen LogP contribution in [0.4, 0.5) is 0 Å². The van der Waals surface area contributed by atoms with E-state index in [4.69, 9.17) is 16.7 Å². The summed E-state index contributed by atoms with van der Waals surface area (Å²) in [4.78, 5) is 15.1. The number of benzene rings is 3. The van der Waals surface area contributed by atoms with Crippen LogP contribution in [0.2, 0.25) is 5.02 Å². The minimum atomic E-state index is -3.17. The van der Waals surface area contributed by atoms with E-state index in [9.17, 15) is 13.2 Å². The fraction of sp³-hybridized carbons (Fsp3) is 0.172. The van der Waals surface area contributed by atoms with Crippen LogP contribution in [0.1, 0.15) is 17.5 Å². The number of hydrogen-bond donors (Lipinski definition) is 0. The average molecular weight is 532 g/mol. The third kappa shape index (κ3) is 6.01. The highest BCUT2D eigenvalue weighted by Gasteiger charge is 2.34. The van der Waals surface area contributed by atoms with Crippen LogP contribution in [0, 0.1) is 0 Å². The number of carbonyl (C=O) groups excluding carboxylic acids is 1. The molecule has 0 radical (unpaired) electrons. The van der Waals surface area contributed by atoms with Gasteiger partial charge in [-0.25, -0.2) is 13.1 Å². The molecule has 1 unspecified atom stereocenters. The van der Waals surface area contributed by atoms with Gasteiger partial charge in [-0.1, -0.05) is 72.3 Å². The Kier molecular flexibility index (Phi) is 7.26. The molecule has 1 aromatic heterocycles. The molecular formula is C29H26ClN3O3S. The van der Waals surface area contributed by atoms with Crippen LogP contribution in [0.5, 0.6) is 0 Å². The number of hydrogen-bond acceptors (Lipinski definition) is 4. The number of rotatable bonds is 7. The van der Waals surface area contributed by atoms with Gasteiger partial charge in [-0.2, -0.15) is 5.10 Å². The molecule has 1 saturated heterocycles. The van der Waals surface area contributed by atoms with Crippen molar-refractivity contribution in [3.05, 3.63) is 113 Å². The van der Waals surface area contributed by atoms with Gasteiger partial charge in [0.15, 0.2) is 9.84 Å². The monoisotopic (exact) mass is 531 g/mol.